The number of benzene rings is 1. The number of imidazole rings is 1. The number of hydrogen-bond acceptors (Lipinski definition) is 5. The summed E-state index contributed by atoms with van der Waals surface area (Å²) >= 11 is 0. The number of hydrogen-bond donors (Lipinski definition) is 0. The van der Waals surface area contributed by atoms with Crippen LogP contribution in [0.5, 0.6) is 0 Å². The van der Waals surface area contributed by atoms with Crippen LogP contribution in [-0.4, -0.2) is 55.3 Å². The summed E-state index contributed by atoms with van der Waals surface area (Å²) in [5, 5.41) is 0.187. The molecule has 1 aliphatic heterocycles. The van der Waals surface area contributed by atoms with E-state index in [2.05, 4.69) is 52.9 Å². The fraction of sp³-hybridized carbons (Fsp3) is 0.550. The number of anilines is 1. The molecule has 1 aromatic carbocycles. The van der Waals surface area contributed by atoms with Crippen LogP contribution in [0.15, 0.2) is 41.7 Å². The second-order valence-electron chi connectivity index (χ2n) is 7.76. The third-order valence-corrected chi connectivity index (χ3v) is 5.87. The molecule has 27 heavy (non-hydrogen) atoms. The first-order valence-corrected chi connectivity index (χ1v) is 11.5. The molecule has 0 spiro atoms. The van der Waals surface area contributed by atoms with Crippen molar-refractivity contribution >= 4 is 15.5 Å². The van der Waals surface area contributed by atoms with E-state index >= 15 is 0 Å². The Morgan fingerprint density at radius 1 is 1.07 bits per heavy atom. The van der Waals surface area contributed by atoms with E-state index in [0.29, 0.717) is 12.5 Å². The average Bonchev–Trinajstić information content (AvgIpc) is 2.85. The van der Waals surface area contributed by atoms with Gasteiger partial charge in [0.15, 0.2) is 0 Å². The lowest BCUT2D eigenvalue weighted by Gasteiger charge is -2.24. The molecular weight excluding hydrogens is 360 g/mol. The molecule has 0 saturated carbocycles. The molecule has 7 heteroatoms. The molecule has 0 atom stereocenters. The molecule has 1 fully saturated rings. The Kier molecular flexibility index (Phi) is 6.22. The second-order valence-corrected chi connectivity index (χ2v) is 9.67. The Bertz CT molecular complexity index is 846. The van der Waals surface area contributed by atoms with Crippen LogP contribution < -0.4 is 4.90 Å². The molecule has 1 saturated heterocycles. The van der Waals surface area contributed by atoms with Gasteiger partial charge in [-0.05, 0) is 24.5 Å². The predicted molar refractivity (Wildman–Crippen MR) is 109 cm³/mol. The van der Waals surface area contributed by atoms with Gasteiger partial charge < -0.3 is 9.47 Å². The summed E-state index contributed by atoms with van der Waals surface area (Å²) in [5.41, 5.74) is 2.25. The van der Waals surface area contributed by atoms with Crippen molar-refractivity contribution in [1.29, 1.82) is 0 Å². The molecule has 1 aliphatic rings. The lowest BCUT2D eigenvalue weighted by atomic mass is 10.2. The molecule has 148 valence electrons. The Morgan fingerprint density at radius 2 is 1.81 bits per heavy atom. The standard InChI is InChI=1S/C20H30N4O2S/c1-17(2)15-24-19(14-21-20(24)27(3,25)26)16-22-10-7-11-23(13-12-22)18-8-5-4-6-9-18/h4-6,8-9,14,17H,7,10-13,15-16H2,1-3H3. The van der Waals surface area contributed by atoms with Gasteiger partial charge in [-0.3, -0.25) is 4.90 Å². The van der Waals surface area contributed by atoms with E-state index in [1.54, 1.807) is 6.20 Å². The Morgan fingerprint density at radius 3 is 2.48 bits per heavy atom. The van der Waals surface area contributed by atoms with Crippen LogP contribution in [0.1, 0.15) is 26.0 Å². The molecule has 0 aliphatic carbocycles. The summed E-state index contributed by atoms with van der Waals surface area (Å²) < 4.78 is 26.1. The van der Waals surface area contributed by atoms with Crippen LogP contribution in [0.2, 0.25) is 0 Å². The molecule has 3 rings (SSSR count). The summed E-state index contributed by atoms with van der Waals surface area (Å²) in [7, 11) is -3.33. The quantitative estimate of drug-likeness (QED) is 0.759. The van der Waals surface area contributed by atoms with Crippen LogP contribution >= 0.6 is 0 Å². The third-order valence-electron chi connectivity index (χ3n) is 4.88. The van der Waals surface area contributed by atoms with E-state index < -0.39 is 9.84 Å². The summed E-state index contributed by atoms with van der Waals surface area (Å²) in [6, 6.07) is 10.5. The SMILES string of the molecule is CC(C)Cn1c(CN2CCCN(c3ccccc3)CC2)cnc1S(C)(=O)=O. The van der Waals surface area contributed by atoms with Crippen LogP contribution in [0.4, 0.5) is 5.69 Å². The van der Waals surface area contributed by atoms with Crippen LogP contribution in [-0.2, 0) is 22.9 Å². The van der Waals surface area contributed by atoms with E-state index in [9.17, 15) is 8.42 Å². The van der Waals surface area contributed by atoms with Gasteiger partial charge in [-0.15, -0.1) is 0 Å². The summed E-state index contributed by atoms with van der Waals surface area (Å²) in [6.07, 6.45) is 4.06. The van der Waals surface area contributed by atoms with Gasteiger partial charge in [-0.1, -0.05) is 32.0 Å². The maximum absolute atomic E-state index is 12.1. The highest BCUT2D eigenvalue weighted by Gasteiger charge is 2.22. The van der Waals surface area contributed by atoms with Crippen molar-refractivity contribution in [3.8, 4) is 0 Å². The summed E-state index contributed by atoms with van der Waals surface area (Å²) in [6.45, 7) is 9.57. The highest BCUT2D eigenvalue weighted by molar-refractivity contribution is 7.90. The molecule has 0 N–H and O–H groups in total. The van der Waals surface area contributed by atoms with Crippen molar-refractivity contribution < 1.29 is 8.42 Å². The first kappa shape index (κ1) is 19.9. The Hall–Kier alpha value is -1.86. The van der Waals surface area contributed by atoms with Gasteiger partial charge in [-0.2, -0.15) is 0 Å². The van der Waals surface area contributed by atoms with Crippen LogP contribution in [0.25, 0.3) is 0 Å². The van der Waals surface area contributed by atoms with Crippen molar-refractivity contribution in [2.24, 2.45) is 5.92 Å². The van der Waals surface area contributed by atoms with Gasteiger partial charge >= 0.3 is 0 Å². The lowest BCUT2D eigenvalue weighted by Crippen LogP contribution is -2.31. The number of sulfone groups is 1. The minimum Gasteiger partial charge on any atom is -0.370 e. The zero-order valence-electron chi connectivity index (χ0n) is 16.5. The minimum absolute atomic E-state index is 0.187. The van der Waals surface area contributed by atoms with Crippen LogP contribution in [0, 0.1) is 5.92 Å². The van der Waals surface area contributed by atoms with Crippen molar-refractivity contribution in [1.82, 2.24) is 14.5 Å². The number of aromatic nitrogens is 2. The predicted octanol–water partition coefficient (Wildman–Crippen LogP) is 2.65. The van der Waals surface area contributed by atoms with Crippen LogP contribution in [0.3, 0.4) is 0 Å². The van der Waals surface area contributed by atoms with Crippen molar-refractivity contribution in [2.75, 3.05) is 37.3 Å². The third kappa shape index (κ3) is 5.11. The summed E-state index contributed by atoms with van der Waals surface area (Å²) in [5.74, 6) is 0.358. The topological polar surface area (TPSA) is 58.4 Å². The van der Waals surface area contributed by atoms with Crippen molar-refractivity contribution in [3.05, 3.63) is 42.2 Å². The molecule has 0 amide bonds. The number of rotatable bonds is 6. The fourth-order valence-electron chi connectivity index (χ4n) is 3.63. The van der Waals surface area contributed by atoms with Crippen molar-refractivity contribution in [2.45, 2.75) is 38.5 Å². The van der Waals surface area contributed by atoms with E-state index in [1.165, 1.54) is 11.9 Å². The Balaban J connectivity index is 1.73. The number of nitrogens with zero attached hydrogens (tertiary/aromatic N) is 4. The number of para-hydroxylation sites is 1. The van der Waals surface area contributed by atoms with E-state index in [0.717, 1.165) is 44.8 Å². The first-order valence-electron chi connectivity index (χ1n) is 9.61. The molecule has 1 aromatic heterocycles. The molecule has 2 heterocycles. The van der Waals surface area contributed by atoms with Crippen molar-refractivity contribution in [3.63, 3.8) is 0 Å². The average molecular weight is 391 g/mol. The highest BCUT2D eigenvalue weighted by atomic mass is 32.2. The maximum Gasteiger partial charge on any atom is 0.227 e. The zero-order valence-corrected chi connectivity index (χ0v) is 17.3. The zero-order chi connectivity index (χ0) is 19.4. The van der Waals surface area contributed by atoms with Gasteiger partial charge in [0, 0.05) is 51.2 Å². The smallest absolute Gasteiger partial charge is 0.227 e. The highest BCUT2D eigenvalue weighted by Crippen LogP contribution is 2.19. The summed E-state index contributed by atoms with van der Waals surface area (Å²) in [4.78, 5) is 9.06. The van der Waals surface area contributed by atoms with Gasteiger partial charge in [0.25, 0.3) is 0 Å². The van der Waals surface area contributed by atoms with Gasteiger partial charge in [0.05, 0.1) is 11.9 Å². The normalized spacial score (nSPS) is 16.7. The minimum atomic E-state index is -3.33. The van der Waals surface area contributed by atoms with E-state index in [4.69, 9.17) is 0 Å². The second kappa shape index (κ2) is 8.44. The van der Waals surface area contributed by atoms with E-state index in [1.807, 2.05) is 10.6 Å². The molecule has 0 unspecified atom stereocenters. The fourth-order valence-corrected chi connectivity index (χ4v) is 4.47. The molecular formula is C20H30N4O2S. The Labute approximate surface area is 162 Å². The monoisotopic (exact) mass is 390 g/mol. The molecule has 0 bridgehead atoms. The molecule has 6 nitrogen and oxygen atoms in total. The lowest BCUT2D eigenvalue weighted by molar-refractivity contribution is 0.274. The maximum atomic E-state index is 12.1. The van der Waals surface area contributed by atoms with Gasteiger partial charge in [-0.25, -0.2) is 13.4 Å². The molecule has 0 radical (unpaired) electrons. The van der Waals surface area contributed by atoms with Gasteiger partial charge in [0.2, 0.25) is 15.0 Å². The molecule has 2 aromatic rings. The first-order chi connectivity index (χ1) is 12.8. The largest absolute Gasteiger partial charge is 0.370 e. The van der Waals surface area contributed by atoms with Gasteiger partial charge in [0.1, 0.15) is 0 Å². The van der Waals surface area contributed by atoms with E-state index in [-0.39, 0.29) is 5.16 Å².